The highest BCUT2D eigenvalue weighted by atomic mass is 16.5. The molecule has 4 aromatic rings. The molecule has 166 valence electrons. The summed E-state index contributed by atoms with van der Waals surface area (Å²) in [5, 5.41) is 2.94. The molecule has 0 atom stereocenters. The third-order valence-electron chi connectivity index (χ3n) is 5.24. The van der Waals surface area contributed by atoms with Crippen molar-refractivity contribution in [2.24, 2.45) is 0 Å². The van der Waals surface area contributed by atoms with Crippen molar-refractivity contribution in [2.45, 2.75) is 12.8 Å². The van der Waals surface area contributed by atoms with Crippen molar-refractivity contribution in [3.05, 3.63) is 126 Å². The normalized spacial score (nSPS) is 10.4. The van der Waals surface area contributed by atoms with Gasteiger partial charge in [0, 0.05) is 18.5 Å². The summed E-state index contributed by atoms with van der Waals surface area (Å²) in [4.78, 5) is 12.9. The number of rotatable bonds is 10. The van der Waals surface area contributed by atoms with Crippen molar-refractivity contribution in [2.75, 3.05) is 18.5 Å². The van der Waals surface area contributed by atoms with E-state index in [2.05, 4.69) is 29.6 Å². The molecule has 4 rings (SSSR count). The zero-order valence-electron chi connectivity index (χ0n) is 18.4. The van der Waals surface area contributed by atoms with Crippen LogP contribution in [0, 0.1) is 0 Å². The molecule has 0 aliphatic rings. The minimum Gasteiger partial charge on any atom is -0.493 e. The van der Waals surface area contributed by atoms with Crippen molar-refractivity contribution < 1.29 is 14.3 Å². The quantitative estimate of drug-likeness (QED) is 0.322. The number of carbonyl (C=O) groups excluding carboxylic acids is 1. The zero-order chi connectivity index (χ0) is 22.7. The molecule has 0 aliphatic carbocycles. The SMILES string of the molecule is O=C(Nc1ccc(OCCc2ccccc2)cc1)c1ccccc1OCCc1ccccc1. The number of carbonyl (C=O) groups is 1. The van der Waals surface area contributed by atoms with Gasteiger partial charge in [-0.25, -0.2) is 0 Å². The highest BCUT2D eigenvalue weighted by Gasteiger charge is 2.12. The lowest BCUT2D eigenvalue weighted by Gasteiger charge is -2.12. The van der Waals surface area contributed by atoms with E-state index in [0.717, 1.165) is 18.6 Å². The first kappa shape index (κ1) is 22.2. The minimum absolute atomic E-state index is 0.206. The van der Waals surface area contributed by atoms with E-state index in [4.69, 9.17) is 9.47 Å². The van der Waals surface area contributed by atoms with Crippen molar-refractivity contribution >= 4 is 11.6 Å². The molecular formula is C29H27NO3. The minimum atomic E-state index is -0.206. The van der Waals surface area contributed by atoms with Crippen LogP contribution in [0.1, 0.15) is 21.5 Å². The molecule has 1 N–H and O–H groups in total. The van der Waals surface area contributed by atoms with Crippen LogP contribution >= 0.6 is 0 Å². The summed E-state index contributed by atoms with van der Waals surface area (Å²) in [5.74, 6) is 1.14. The Labute approximate surface area is 194 Å². The third-order valence-corrected chi connectivity index (χ3v) is 5.24. The molecule has 4 nitrogen and oxygen atoms in total. The molecule has 0 radical (unpaired) electrons. The summed E-state index contributed by atoms with van der Waals surface area (Å²) in [6, 6.07) is 35.1. The number of amides is 1. The molecule has 0 aromatic heterocycles. The fourth-order valence-corrected chi connectivity index (χ4v) is 3.47. The molecule has 0 heterocycles. The van der Waals surface area contributed by atoms with Crippen LogP contribution in [0.15, 0.2) is 109 Å². The van der Waals surface area contributed by atoms with E-state index in [-0.39, 0.29) is 5.91 Å². The number of para-hydroxylation sites is 1. The fourth-order valence-electron chi connectivity index (χ4n) is 3.47. The highest BCUT2D eigenvalue weighted by Crippen LogP contribution is 2.21. The van der Waals surface area contributed by atoms with E-state index in [1.54, 1.807) is 6.07 Å². The maximum absolute atomic E-state index is 12.9. The van der Waals surface area contributed by atoms with Gasteiger partial charge in [0.25, 0.3) is 5.91 Å². The smallest absolute Gasteiger partial charge is 0.259 e. The van der Waals surface area contributed by atoms with Gasteiger partial charge >= 0.3 is 0 Å². The van der Waals surface area contributed by atoms with Gasteiger partial charge in [0.1, 0.15) is 11.5 Å². The molecule has 0 aliphatic heterocycles. The summed E-state index contributed by atoms with van der Waals surface area (Å²) < 4.78 is 11.7. The first-order valence-electron chi connectivity index (χ1n) is 11.1. The molecule has 0 fully saturated rings. The average Bonchev–Trinajstić information content (AvgIpc) is 2.87. The van der Waals surface area contributed by atoms with Crippen LogP contribution in [-0.4, -0.2) is 19.1 Å². The van der Waals surface area contributed by atoms with Crippen LogP contribution in [0.2, 0.25) is 0 Å². The summed E-state index contributed by atoms with van der Waals surface area (Å²) >= 11 is 0. The summed E-state index contributed by atoms with van der Waals surface area (Å²) in [7, 11) is 0. The van der Waals surface area contributed by atoms with E-state index in [0.29, 0.717) is 30.2 Å². The van der Waals surface area contributed by atoms with Gasteiger partial charge in [-0.15, -0.1) is 0 Å². The Morgan fingerprint density at radius 1 is 0.606 bits per heavy atom. The Kier molecular flexibility index (Phi) is 7.74. The molecular weight excluding hydrogens is 410 g/mol. The van der Waals surface area contributed by atoms with Crippen molar-refractivity contribution in [3.8, 4) is 11.5 Å². The van der Waals surface area contributed by atoms with E-state index in [9.17, 15) is 4.79 Å². The standard InChI is InChI=1S/C29H27NO3/c31-29(27-13-7-8-14-28(27)33-22-20-24-11-5-2-6-12-24)30-25-15-17-26(18-16-25)32-21-19-23-9-3-1-4-10-23/h1-18H,19-22H2,(H,30,31). The van der Waals surface area contributed by atoms with Crippen molar-refractivity contribution in [1.29, 1.82) is 0 Å². The summed E-state index contributed by atoms with van der Waals surface area (Å²) in [5.41, 5.74) is 3.65. The van der Waals surface area contributed by atoms with Crippen LogP contribution in [-0.2, 0) is 12.8 Å². The Morgan fingerprint density at radius 3 is 1.79 bits per heavy atom. The Morgan fingerprint density at radius 2 is 1.15 bits per heavy atom. The molecule has 4 aromatic carbocycles. The number of hydrogen-bond acceptors (Lipinski definition) is 3. The number of ether oxygens (including phenoxy) is 2. The van der Waals surface area contributed by atoms with Crippen LogP contribution < -0.4 is 14.8 Å². The second kappa shape index (κ2) is 11.5. The first-order valence-corrected chi connectivity index (χ1v) is 11.1. The maximum atomic E-state index is 12.9. The molecule has 0 spiro atoms. The van der Waals surface area contributed by atoms with Crippen LogP contribution in [0.5, 0.6) is 11.5 Å². The lowest BCUT2D eigenvalue weighted by Crippen LogP contribution is -2.14. The molecule has 4 heteroatoms. The highest BCUT2D eigenvalue weighted by molar-refractivity contribution is 6.06. The van der Waals surface area contributed by atoms with E-state index in [1.807, 2.05) is 78.9 Å². The lowest BCUT2D eigenvalue weighted by atomic mass is 10.1. The number of nitrogens with one attached hydrogen (secondary N) is 1. The number of benzene rings is 4. The topological polar surface area (TPSA) is 47.6 Å². The molecule has 1 amide bonds. The fraction of sp³-hybridized carbons (Fsp3) is 0.138. The van der Waals surface area contributed by atoms with Crippen molar-refractivity contribution in [3.63, 3.8) is 0 Å². The zero-order valence-corrected chi connectivity index (χ0v) is 18.4. The van der Waals surface area contributed by atoms with Gasteiger partial charge in [-0.05, 0) is 47.5 Å². The van der Waals surface area contributed by atoms with Gasteiger partial charge < -0.3 is 14.8 Å². The lowest BCUT2D eigenvalue weighted by molar-refractivity contribution is 0.102. The molecule has 0 bridgehead atoms. The van der Waals surface area contributed by atoms with Gasteiger partial charge in [0.05, 0.1) is 18.8 Å². The number of hydrogen-bond donors (Lipinski definition) is 1. The van der Waals surface area contributed by atoms with E-state index < -0.39 is 0 Å². The molecule has 0 saturated heterocycles. The van der Waals surface area contributed by atoms with E-state index >= 15 is 0 Å². The third kappa shape index (κ3) is 6.71. The second-order valence-electron chi connectivity index (χ2n) is 7.64. The predicted octanol–water partition coefficient (Wildman–Crippen LogP) is 6.18. The summed E-state index contributed by atoms with van der Waals surface area (Å²) in [6.45, 7) is 1.10. The Hall–Kier alpha value is -4.05. The largest absolute Gasteiger partial charge is 0.493 e. The summed E-state index contributed by atoms with van der Waals surface area (Å²) in [6.07, 6.45) is 1.63. The second-order valence-corrected chi connectivity index (χ2v) is 7.64. The van der Waals surface area contributed by atoms with Crippen LogP contribution in [0.3, 0.4) is 0 Å². The average molecular weight is 438 g/mol. The maximum Gasteiger partial charge on any atom is 0.259 e. The van der Waals surface area contributed by atoms with Crippen molar-refractivity contribution in [1.82, 2.24) is 0 Å². The predicted molar refractivity (Wildman–Crippen MR) is 132 cm³/mol. The first-order chi connectivity index (χ1) is 16.3. The van der Waals surface area contributed by atoms with Crippen LogP contribution in [0.4, 0.5) is 5.69 Å². The molecule has 0 unspecified atom stereocenters. The molecule has 33 heavy (non-hydrogen) atoms. The molecule has 0 saturated carbocycles. The van der Waals surface area contributed by atoms with Gasteiger partial charge in [0.2, 0.25) is 0 Å². The van der Waals surface area contributed by atoms with Gasteiger partial charge in [-0.3, -0.25) is 4.79 Å². The Bertz CT molecular complexity index is 1140. The van der Waals surface area contributed by atoms with E-state index in [1.165, 1.54) is 11.1 Å². The Balaban J connectivity index is 1.29. The monoisotopic (exact) mass is 437 g/mol. The van der Waals surface area contributed by atoms with Crippen LogP contribution in [0.25, 0.3) is 0 Å². The van der Waals surface area contributed by atoms with Gasteiger partial charge in [-0.1, -0.05) is 72.8 Å². The van der Waals surface area contributed by atoms with Gasteiger partial charge in [0.15, 0.2) is 0 Å². The number of anilines is 1. The van der Waals surface area contributed by atoms with Gasteiger partial charge in [-0.2, -0.15) is 0 Å².